The Labute approximate surface area is 45.7 Å². The molecule has 2 heteroatoms. The summed E-state index contributed by atoms with van der Waals surface area (Å²) in [5.74, 6) is 0. The van der Waals surface area contributed by atoms with E-state index in [2.05, 4.69) is 22.5 Å². The highest BCUT2D eigenvalue weighted by Crippen LogP contribution is 1.91. The fourth-order valence-corrected chi connectivity index (χ4v) is 0.299. The largest absolute Gasteiger partial charge is 0.393 e. The Hall–Kier alpha value is -0.240. The van der Waals surface area contributed by atoms with E-state index in [4.69, 9.17) is 5.73 Å². The molecule has 0 aliphatic heterocycles. The van der Waals surface area contributed by atoms with Crippen molar-refractivity contribution in [2.24, 2.45) is 5.73 Å². The lowest BCUT2D eigenvalue weighted by molar-refractivity contribution is 1.57. The molecule has 0 atom stereocenters. The van der Waals surface area contributed by atoms with Crippen LogP contribution in [-0.4, -0.2) is 0 Å². The highest BCUT2D eigenvalue weighted by molar-refractivity contribution is 9.11. The van der Waals surface area contributed by atoms with Gasteiger partial charge in [-0.05, 0) is 22.0 Å². The Morgan fingerprint density at radius 3 is 2.33 bits per heavy atom. The zero-order valence-electron chi connectivity index (χ0n) is 3.32. The molecule has 0 aromatic carbocycles. The molecule has 6 heavy (non-hydrogen) atoms. The third-order valence-electron chi connectivity index (χ3n) is 0.277. The van der Waals surface area contributed by atoms with Crippen LogP contribution < -0.4 is 5.73 Å². The van der Waals surface area contributed by atoms with Gasteiger partial charge in [-0.3, -0.25) is 0 Å². The van der Waals surface area contributed by atoms with Crippen molar-refractivity contribution < 1.29 is 0 Å². The van der Waals surface area contributed by atoms with E-state index < -0.39 is 0 Å². The third kappa shape index (κ3) is 3.76. The molecule has 0 aromatic heterocycles. The molecule has 0 amide bonds. The number of nitrogens with two attached hydrogens (primary N) is 1. The van der Waals surface area contributed by atoms with E-state index in [0.717, 1.165) is 0 Å². The summed E-state index contributed by atoms with van der Waals surface area (Å²) in [5.41, 5.74) is 5.11. The van der Waals surface area contributed by atoms with Gasteiger partial charge in [0, 0.05) is 0 Å². The quantitative estimate of drug-likeness (QED) is 0.441. The summed E-state index contributed by atoms with van der Waals surface area (Å²) < 4.78 is 0.609. The average molecular weight is 148 g/mol. The van der Waals surface area contributed by atoms with Crippen molar-refractivity contribution in [3.05, 3.63) is 23.3 Å². The zero-order chi connectivity index (χ0) is 4.99. The van der Waals surface area contributed by atoms with Gasteiger partial charge >= 0.3 is 0 Å². The Kier molecular flexibility index (Phi) is 2.85. The van der Waals surface area contributed by atoms with E-state index in [1.165, 1.54) is 0 Å². The van der Waals surface area contributed by atoms with Crippen LogP contribution in [0.1, 0.15) is 0 Å². The maximum Gasteiger partial charge on any atom is 0.0753 e. The standard InChI is InChI=1S/C4H6BrN/c1-2-3-4(5)6/h2-3H,1,6H2/b4-3+. The van der Waals surface area contributed by atoms with Gasteiger partial charge in [-0.2, -0.15) is 0 Å². The minimum Gasteiger partial charge on any atom is -0.393 e. The van der Waals surface area contributed by atoms with Gasteiger partial charge in [-0.25, -0.2) is 0 Å². The van der Waals surface area contributed by atoms with Crippen molar-refractivity contribution in [2.45, 2.75) is 0 Å². The van der Waals surface area contributed by atoms with Crippen molar-refractivity contribution in [1.82, 2.24) is 0 Å². The number of hydrogen-bond acceptors (Lipinski definition) is 1. The van der Waals surface area contributed by atoms with Crippen LogP contribution >= 0.6 is 15.9 Å². The molecule has 0 saturated carbocycles. The summed E-state index contributed by atoms with van der Waals surface area (Å²) in [4.78, 5) is 0. The molecule has 1 nitrogen and oxygen atoms in total. The van der Waals surface area contributed by atoms with Gasteiger partial charge in [0.25, 0.3) is 0 Å². The molecule has 0 bridgehead atoms. The van der Waals surface area contributed by atoms with Gasteiger partial charge in [0.05, 0.1) is 4.61 Å². The number of halogens is 1. The summed E-state index contributed by atoms with van der Waals surface area (Å²) in [6, 6.07) is 0. The summed E-state index contributed by atoms with van der Waals surface area (Å²) in [5, 5.41) is 0. The molecule has 0 radical (unpaired) electrons. The monoisotopic (exact) mass is 147 g/mol. The average Bonchev–Trinajstić information content (AvgIpc) is 1.35. The first-order valence-corrected chi connectivity index (χ1v) is 2.30. The van der Waals surface area contributed by atoms with Gasteiger partial charge in [-0.1, -0.05) is 12.7 Å². The molecule has 0 fully saturated rings. The van der Waals surface area contributed by atoms with E-state index in [-0.39, 0.29) is 0 Å². The Morgan fingerprint density at radius 2 is 2.33 bits per heavy atom. The van der Waals surface area contributed by atoms with Crippen LogP contribution in [0.4, 0.5) is 0 Å². The SMILES string of the molecule is C=C/C=C(/N)Br. The zero-order valence-corrected chi connectivity index (χ0v) is 4.90. The molecule has 0 spiro atoms. The first-order valence-electron chi connectivity index (χ1n) is 1.51. The molecule has 0 aliphatic rings. The van der Waals surface area contributed by atoms with Gasteiger partial charge in [0.15, 0.2) is 0 Å². The minimum atomic E-state index is 0.609. The van der Waals surface area contributed by atoms with E-state index >= 15 is 0 Å². The lowest BCUT2D eigenvalue weighted by Gasteiger charge is -1.75. The fourth-order valence-electron chi connectivity index (χ4n) is 0.113. The number of hydrogen-bond donors (Lipinski definition) is 1. The summed E-state index contributed by atoms with van der Waals surface area (Å²) in [7, 11) is 0. The summed E-state index contributed by atoms with van der Waals surface area (Å²) in [6.07, 6.45) is 3.28. The molecule has 0 saturated heterocycles. The van der Waals surface area contributed by atoms with E-state index in [9.17, 15) is 0 Å². The Bertz CT molecular complexity index is 71.6. The van der Waals surface area contributed by atoms with Crippen molar-refractivity contribution in [3.8, 4) is 0 Å². The highest BCUT2D eigenvalue weighted by Gasteiger charge is 1.66. The van der Waals surface area contributed by atoms with Crippen molar-refractivity contribution in [2.75, 3.05) is 0 Å². The molecule has 0 rings (SSSR count). The van der Waals surface area contributed by atoms with E-state index in [0.29, 0.717) is 4.61 Å². The van der Waals surface area contributed by atoms with Crippen LogP contribution in [-0.2, 0) is 0 Å². The maximum absolute atomic E-state index is 5.11. The van der Waals surface area contributed by atoms with Crippen LogP contribution in [0.2, 0.25) is 0 Å². The normalized spacial score (nSPS) is 11.2. The maximum atomic E-state index is 5.11. The molecule has 0 unspecified atom stereocenters. The predicted molar refractivity (Wildman–Crippen MR) is 31.4 cm³/mol. The predicted octanol–water partition coefficient (Wildman–Crippen LogP) is 1.37. The number of rotatable bonds is 1. The molecular weight excluding hydrogens is 142 g/mol. The molecule has 0 aromatic rings. The van der Waals surface area contributed by atoms with Crippen LogP contribution in [0.5, 0.6) is 0 Å². The second-order valence-electron chi connectivity index (χ2n) is 0.787. The van der Waals surface area contributed by atoms with Crippen LogP contribution in [0, 0.1) is 0 Å². The van der Waals surface area contributed by atoms with E-state index in [1.807, 2.05) is 0 Å². The first-order chi connectivity index (χ1) is 2.77. The van der Waals surface area contributed by atoms with Gasteiger partial charge in [0.1, 0.15) is 0 Å². The second kappa shape index (κ2) is 2.97. The van der Waals surface area contributed by atoms with Gasteiger partial charge < -0.3 is 5.73 Å². The molecule has 0 aliphatic carbocycles. The Morgan fingerprint density at radius 1 is 1.83 bits per heavy atom. The molecular formula is C4H6BrN. The molecule has 2 N–H and O–H groups in total. The van der Waals surface area contributed by atoms with Crippen LogP contribution in [0.15, 0.2) is 23.3 Å². The van der Waals surface area contributed by atoms with E-state index in [1.54, 1.807) is 12.2 Å². The lowest BCUT2D eigenvalue weighted by atomic mass is 10.6. The van der Waals surface area contributed by atoms with Crippen molar-refractivity contribution in [3.63, 3.8) is 0 Å². The third-order valence-corrected chi connectivity index (χ3v) is 0.541. The lowest BCUT2D eigenvalue weighted by Crippen LogP contribution is -1.82. The van der Waals surface area contributed by atoms with Gasteiger partial charge in [-0.15, -0.1) is 0 Å². The second-order valence-corrected chi connectivity index (χ2v) is 1.70. The van der Waals surface area contributed by atoms with Gasteiger partial charge in [0.2, 0.25) is 0 Å². The first kappa shape index (κ1) is 5.76. The summed E-state index contributed by atoms with van der Waals surface area (Å²) in [6.45, 7) is 3.41. The Balaban J connectivity index is 3.41. The molecule has 0 heterocycles. The van der Waals surface area contributed by atoms with Crippen LogP contribution in [0.3, 0.4) is 0 Å². The van der Waals surface area contributed by atoms with Crippen molar-refractivity contribution in [1.29, 1.82) is 0 Å². The van der Waals surface area contributed by atoms with Crippen LogP contribution in [0.25, 0.3) is 0 Å². The fraction of sp³-hybridized carbons (Fsp3) is 0. The number of allylic oxidation sites excluding steroid dienone is 2. The highest BCUT2D eigenvalue weighted by atomic mass is 79.9. The smallest absolute Gasteiger partial charge is 0.0753 e. The topological polar surface area (TPSA) is 26.0 Å². The van der Waals surface area contributed by atoms with Crippen molar-refractivity contribution >= 4 is 15.9 Å². The summed E-state index contributed by atoms with van der Waals surface area (Å²) >= 11 is 3.00. The minimum absolute atomic E-state index is 0.609. The molecule has 34 valence electrons.